The lowest BCUT2D eigenvalue weighted by Crippen LogP contribution is -2.30. The molecule has 0 atom stereocenters. The molecule has 0 aromatic heterocycles. The zero-order valence-corrected chi connectivity index (χ0v) is 11.5. The van der Waals surface area contributed by atoms with Crippen molar-refractivity contribution >= 4 is 29.0 Å². The molecule has 0 saturated heterocycles. The quantitative estimate of drug-likeness (QED) is 0.378. The third-order valence-corrected chi connectivity index (χ3v) is 2.60. The van der Waals surface area contributed by atoms with Crippen molar-refractivity contribution < 1.29 is 22.7 Å². The molecule has 0 aliphatic rings. The number of halogens is 3. The van der Waals surface area contributed by atoms with E-state index in [1.165, 1.54) is 7.11 Å². The van der Waals surface area contributed by atoms with E-state index in [2.05, 4.69) is 15.4 Å². The van der Waals surface area contributed by atoms with Gasteiger partial charge in [-0.2, -0.15) is 0 Å². The first-order valence-electron chi connectivity index (χ1n) is 5.71. The summed E-state index contributed by atoms with van der Waals surface area (Å²) in [7, 11) is 1.29. The zero-order valence-electron chi connectivity index (χ0n) is 10.6. The van der Waals surface area contributed by atoms with Crippen LogP contribution in [-0.4, -0.2) is 24.7 Å². The van der Waals surface area contributed by atoms with E-state index in [1.54, 1.807) is 0 Å². The minimum Gasteiger partial charge on any atom is -0.469 e. The highest BCUT2D eigenvalue weighted by Crippen LogP contribution is 2.19. The van der Waals surface area contributed by atoms with Crippen LogP contribution in [0.15, 0.2) is 12.1 Å². The van der Waals surface area contributed by atoms with Crippen LogP contribution in [-0.2, 0) is 9.53 Å². The normalized spacial score (nSPS) is 10.0. The number of hydrogen-bond donors (Lipinski definition) is 2. The van der Waals surface area contributed by atoms with Crippen LogP contribution in [0.1, 0.15) is 12.8 Å². The Morgan fingerprint density at radius 1 is 1.30 bits per heavy atom. The molecular formula is C12H13F3N2O2S. The van der Waals surface area contributed by atoms with Gasteiger partial charge in [0.2, 0.25) is 0 Å². The van der Waals surface area contributed by atoms with Gasteiger partial charge in [0.05, 0.1) is 12.8 Å². The minimum atomic E-state index is -1.57. The summed E-state index contributed by atoms with van der Waals surface area (Å²) in [5.41, 5.74) is -0.269. The molecule has 0 aliphatic carbocycles. The van der Waals surface area contributed by atoms with Crippen LogP contribution in [0.3, 0.4) is 0 Å². The van der Waals surface area contributed by atoms with Gasteiger partial charge in [0.25, 0.3) is 0 Å². The van der Waals surface area contributed by atoms with Crippen molar-refractivity contribution in [2.24, 2.45) is 0 Å². The second-order valence-corrected chi connectivity index (χ2v) is 4.19. The number of anilines is 1. The highest BCUT2D eigenvalue weighted by molar-refractivity contribution is 7.80. The van der Waals surface area contributed by atoms with Crippen LogP contribution in [0.2, 0.25) is 0 Å². The number of esters is 1. The first-order valence-corrected chi connectivity index (χ1v) is 6.11. The standard InChI is InChI=1S/C12H13F3N2O2S/c1-19-9(18)3-2-6-16-12(20)17-8-5-4-7(13)10(14)11(8)15/h4-5H,2-3,6H2,1H3,(H2,16,17,20). The van der Waals surface area contributed by atoms with Crippen molar-refractivity contribution in [1.29, 1.82) is 0 Å². The second-order valence-electron chi connectivity index (χ2n) is 3.78. The summed E-state index contributed by atoms with van der Waals surface area (Å²) >= 11 is 4.86. The average molecular weight is 306 g/mol. The van der Waals surface area contributed by atoms with Gasteiger partial charge in [-0.3, -0.25) is 4.79 Å². The molecule has 0 heterocycles. The number of nitrogens with one attached hydrogen (secondary N) is 2. The Morgan fingerprint density at radius 2 is 2.00 bits per heavy atom. The minimum absolute atomic E-state index is 0.0415. The predicted molar refractivity (Wildman–Crippen MR) is 71.8 cm³/mol. The van der Waals surface area contributed by atoms with Crippen molar-refractivity contribution in [1.82, 2.24) is 5.32 Å². The molecule has 0 saturated carbocycles. The fraction of sp³-hybridized carbons (Fsp3) is 0.333. The van der Waals surface area contributed by atoms with Gasteiger partial charge in [-0.15, -0.1) is 0 Å². The van der Waals surface area contributed by atoms with Crippen molar-refractivity contribution in [2.45, 2.75) is 12.8 Å². The highest BCUT2D eigenvalue weighted by Gasteiger charge is 2.13. The topological polar surface area (TPSA) is 50.4 Å². The largest absolute Gasteiger partial charge is 0.469 e. The maximum Gasteiger partial charge on any atom is 0.305 e. The Bertz CT molecular complexity index is 512. The Balaban J connectivity index is 2.43. The molecule has 110 valence electrons. The molecular weight excluding hydrogens is 293 g/mol. The Kier molecular flexibility index (Phi) is 6.23. The van der Waals surface area contributed by atoms with E-state index in [9.17, 15) is 18.0 Å². The number of thiocarbonyl (C=S) groups is 1. The van der Waals surface area contributed by atoms with Gasteiger partial charge < -0.3 is 15.4 Å². The van der Waals surface area contributed by atoms with Crippen LogP contribution >= 0.6 is 12.2 Å². The second kappa shape index (κ2) is 7.68. The monoisotopic (exact) mass is 306 g/mol. The predicted octanol–water partition coefficient (Wildman–Crippen LogP) is 2.34. The van der Waals surface area contributed by atoms with Gasteiger partial charge in [-0.05, 0) is 30.8 Å². The third kappa shape index (κ3) is 4.69. The van der Waals surface area contributed by atoms with Gasteiger partial charge in [0.1, 0.15) is 0 Å². The fourth-order valence-corrected chi connectivity index (χ4v) is 1.54. The number of methoxy groups -OCH3 is 1. The lowest BCUT2D eigenvalue weighted by molar-refractivity contribution is -0.140. The third-order valence-electron chi connectivity index (χ3n) is 2.35. The molecule has 2 N–H and O–H groups in total. The van der Waals surface area contributed by atoms with E-state index in [0.29, 0.717) is 13.0 Å². The summed E-state index contributed by atoms with van der Waals surface area (Å²) in [5.74, 6) is -4.53. The first-order chi connectivity index (χ1) is 9.45. The van der Waals surface area contributed by atoms with Crippen molar-refractivity contribution in [3.05, 3.63) is 29.6 Å². The van der Waals surface area contributed by atoms with E-state index < -0.39 is 17.5 Å². The zero-order chi connectivity index (χ0) is 15.1. The summed E-state index contributed by atoms with van der Waals surface area (Å²) in [6.45, 7) is 0.353. The van der Waals surface area contributed by atoms with Gasteiger partial charge in [0, 0.05) is 13.0 Å². The fourth-order valence-electron chi connectivity index (χ4n) is 1.33. The Labute approximate surface area is 119 Å². The molecule has 0 bridgehead atoms. The number of carbonyl (C=O) groups is 1. The van der Waals surface area contributed by atoms with Crippen LogP contribution in [0.25, 0.3) is 0 Å². The number of carbonyl (C=O) groups excluding carboxylic acids is 1. The van der Waals surface area contributed by atoms with E-state index in [1.807, 2.05) is 0 Å². The maximum absolute atomic E-state index is 13.3. The van der Waals surface area contributed by atoms with Crippen LogP contribution in [0, 0.1) is 17.5 Å². The Hall–Kier alpha value is -1.83. The van der Waals surface area contributed by atoms with E-state index in [4.69, 9.17) is 12.2 Å². The average Bonchev–Trinajstić information content (AvgIpc) is 2.44. The summed E-state index contributed by atoms with van der Waals surface area (Å²) in [6.07, 6.45) is 0.681. The van der Waals surface area contributed by atoms with Gasteiger partial charge >= 0.3 is 5.97 Å². The molecule has 4 nitrogen and oxygen atoms in total. The lowest BCUT2D eigenvalue weighted by atomic mass is 10.3. The molecule has 1 aromatic rings. The molecule has 0 aliphatic heterocycles. The van der Waals surface area contributed by atoms with Crippen LogP contribution < -0.4 is 10.6 Å². The molecule has 1 aromatic carbocycles. The molecule has 0 unspecified atom stereocenters. The van der Waals surface area contributed by atoms with Crippen molar-refractivity contribution in [2.75, 3.05) is 19.0 Å². The summed E-state index contributed by atoms with van der Waals surface area (Å²) in [6, 6.07) is 1.83. The summed E-state index contributed by atoms with van der Waals surface area (Å²) in [5, 5.41) is 5.15. The number of benzene rings is 1. The number of rotatable bonds is 5. The van der Waals surface area contributed by atoms with Crippen molar-refractivity contribution in [3.8, 4) is 0 Å². The molecule has 0 spiro atoms. The summed E-state index contributed by atoms with van der Waals surface area (Å²) in [4.78, 5) is 10.8. The number of ether oxygens (including phenoxy) is 1. The van der Waals surface area contributed by atoms with Gasteiger partial charge in [0.15, 0.2) is 22.6 Å². The molecule has 20 heavy (non-hydrogen) atoms. The number of hydrogen-bond acceptors (Lipinski definition) is 3. The SMILES string of the molecule is COC(=O)CCCNC(=S)Nc1ccc(F)c(F)c1F. The smallest absolute Gasteiger partial charge is 0.305 e. The molecule has 1 rings (SSSR count). The molecule has 0 radical (unpaired) electrons. The van der Waals surface area contributed by atoms with Gasteiger partial charge in [-0.25, -0.2) is 13.2 Å². The van der Waals surface area contributed by atoms with Crippen LogP contribution in [0.5, 0.6) is 0 Å². The molecule has 8 heteroatoms. The molecule has 0 amide bonds. The van der Waals surface area contributed by atoms with E-state index in [-0.39, 0.29) is 23.2 Å². The lowest BCUT2D eigenvalue weighted by Gasteiger charge is -2.11. The van der Waals surface area contributed by atoms with E-state index in [0.717, 1.165) is 12.1 Å². The van der Waals surface area contributed by atoms with E-state index >= 15 is 0 Å². The summed E-state index contributed by atoms with van der Waals surface area (Å²) < 4.78 is 43.5. The maximum atomic E-state index is 13.3. The van der Waals surface area contributed by atoms with Crippen LogP contribution in [0.4, 0.5) is 18.9 Å². The van der Waals surface area contributed by atoms with Gasteiger partial charge in [-0.1, -0.05) is 0 Å². The highest BCUT2D eigenvalue weighted by atomic mass is 32.1. The van der Waals surface area contributed by atoms with Crippen molar-refractivity contribution in [3.63, 3.8) is 0 Å². The first kappa shape index (κ1) is 16.2. The molecule has 0 fully saturated rings. The Morgan fingerprint density at radius 3 is 2.65 bits per heavy atom.